The van der Waals surface area contributed by atoms with E-state index in [1.807, 2.05) is 55.5 Å². The molecule has 8 heteroatoms. The fourth-order valence-corrected chi connectivity index (χ4v) is 5.00. The van der Waals surface area contributed by atoms with E-state index < -0.39 is 5.92 Å². The summed E-state index contributed by atoms with van der Waals surface area (Å²) in [5.41, 5.74) is 2.49. The Balaban J connectivity index is 1.29. The van der Waals surface area contributed by atoms with Crippen molar-refractivity contribution in [1.29, 1.82) is 0 Å². The Labute approximate surface area is 204 Å². The zero-order valence-corrected chi connectivity index (χ0v) is 20.1. The molecule has 1 unspecified atom stereocenters. The molecule has 2 aliphatic rings. The molecule has 182 valence electrons. The number of nitrogens with one attached hydrogen (secondary N) is 1. The summed E-state index contributed by atoms with van der Waals surface area (Å²) in [5, 5.41) is 8.96. The molecule has 0 radical (unpaired) electrons. The minimum Gasteiger partial charge on any atom is -0.350 e. The molecule has 35 heavy (non-hydrogen) atoms. The molecular formula is C27H31N5O3. The van der Waals surface area contributed by atoms with Gasteiger partial charge in [-0.2, -0.15) is 5.10 Å². The van der Waals surface area contributed by atoms with Crippen LogP contribution in [0.1, 0.15) is 30.5 Å². The second-order valence-electron chi connectivity index (χ2n) is 9.53. The van der Waals surface area contributed by atoms with Crippen LogP contribution in [-0.4, -0.2) is 52.7 Å². The first-order valence-electron chi connectivity index (χ1n) is 12.4. The second kappa shape index (κ2) is 10.00. The second-order valence-corrected chi connectivity index (χ2v) is 9.53. The fourth-order valence-electron chi connectivity index (χ4n) is 5.00. The summed E-state index contributed by atoms with van der Waals surface area (Å²) in [7, 11) is 0. The number of amides is 2. The number of carbonyl (C=O) groups is 2. The number of rotatable bonds is 7. The van der Waals surface area contributed by atoms with E-state index in [0.29, 0.717) is 24.2 Å². The van der Waals surface area contributed by atoms with Gasteiger partial charge in [0, 0.05) is 30.6 Å². The van der Waals surface area contributed by atoms with Crippen molar-refractivity contribution in [3.05, 3.63) is 70.1 Å². The van der Waals surface area contributed by atoms with Crippen LogP contribution in [-0.2, 0) is 22.7 Å². The van der Waals surface area contributed by atoms with E-state index in [-0.39, 0.29) is 30.3 Å². The molecule has 1 N–H and O–H groups in total. The molecule has 5 rings (SSSR count). The first-order chi connectivity index (χ1) is 17.0. The highest BCUT2D eigenvalue weighted by Crippen LogP contribution is 2.25. The summed E-state index contributed by atoms with van der Waals surface area (Å²) in [4.78, 5) is 42.6. The fraction of sp³-hybridized carbons (Fsp3) is 0.407. The lowest BCUT2D eigenvalue weighted by Crippen LogP contribution is -2.35. The van der Waals surface area contributed by atoms with Gasteiger partial charge in [-0.1, -0.05) is 35.9 Å². The van der Waals surface area contributed by atoms with E-state index in [0.717, 1.165) is 36.3 Å². The van der Waals surface area contributed by atoms with Gasteiger partial charge in [0.15, 0.2) is 0 Å². The van der Waals surface area contributed by atoms with Gasteiger partial charge in [-0.3, -0.25) is 14.4 Å². The predicted octanol–water partition coefficient (Wildman–Crippen LogP) is 2.47. The Morgan fingerprint density at radius 1 is 1.00 bits per heavy atom. The van der Waals surface area contributed by atoms with Crippen LogP contribution in [0.5, 0.6) is 0 Å². The van der Waals surface area contributed by atoms with Crippen LogP contribution < -0.4 is 15.8 Å². The monoisotopic (exact) mass is 473 g/mol. The molecule has 0 bridgehead atoms. The minimum atomic E-state index is -0.420. The number of hydrogen-bond donors (Lipinski definition) is 1. The average Bonchev–Trinajstić information content (AvgIpc) is 3.53. The number of nitrogens with zero attached hydrogens (tertiary/aromatic N) is 4. The third-order valence-electron chi connectivity index (χ3n) is 7.04. The maximum Gasteiger partial charge on any atom is 0.274 e. The number of anilines is 1. The van der Waals surface area contributed by atoms with Gasteiger partial charge in [-0.25, -0.2) is 4.68 Å². The van der Waals surface area contributed by atoms with E-state index in [9.17, 15) is 14.4 Å². The molecule has 0 spiro atoms. The smallest absolute Gasteiger partial charge is 0.274 e. The maximum absolute atomic E-state index is 13.0. The molecule has 1 aromatic heterocycles. The van der Waals surface area contributed by atoms with E-state index in [1.165, 1.54) is 17.5 Å². The molecule has 0 saturated carbocycles. The minimum absolute atomic E-state index is 0.0481. The van der Waals surface area contributed by atoms with Gasteiger partial charge >= 0.3 is 0 Å². The Hall–Kier alpha value is -3.52. The third kappa shape index (κ3) is 4.98. The lowest BCUT2D eigenvalue weighted by Gasteiger charge is -2.18. The molecular weight excluding hydrogens is 442 g/mol. The molecule has 1 atom stereocenters. The Morgan fingerprint density at radius 2 is 1.71 bits per heavy atom. The summed E-state index contributed by atoms with van der Waals surface area (Å²) in [6, 6.07) is 15.2. The molecule has 3 heterocycles. The van der Waals surface area contributed by atoms with Crippen LogP contribution in [0.15, 0.2) is 53.3 Å². The molecule has 2 amide bonds. The number of aromatic nitrogens is 2. The van der Waals surface area contributed by atoms with Crippen molar-refractivity contribution in [2.45, 2.75) is 39.3 Å². The highest BCUT2D eigenvalue weighted by atomic mass is 16.2. The van der Waals surface area contributed by atoms with Crippen molar-refractivity contribution in [3.8, 4) is 0 Å². The van der Waals surface area contributed by atoms with Crippen molar-refractivity contribution in [2.75, 3.05) is 31.1 Å². The lowest BCUT2D eigenvalue weighted by molar-refractivity contribution is -0.126. The number of fused-ring (bicyclic) bond motifs is 1. The van der Waals surface area contributed by atoms with E-state index in [1.54, 1.807) is 4.90 Å². The highest BCUT2D eigenvalue weighted by Gasteiger charge is 2.35. The van der Waals surface area contributed by atoms with Crippen LogP contribution in [0.2, 0.25) is 0 Å². The van der Waals surface area contributed by atoms with Gasteiger partial charge in [0.2, 0.25) is 11.8 Å². The molecule has 2 aromatic carbocycles. The Kier molecular flexibility index (Phi) is 6.63. The molecule has 2 saturated heterocycles. The van der Waals surface area contributed by atoms with Crippen LogP contribution in [0.25, 0.3) is 10.8 Å². The van der Waals surface area contributed by atoms with E-state index >= 15 is 0 Å². The largest absolute Gasteiger partial charge is 0.350 e. The molecule has 2 fully saturated rings. The number of hydrogen-bond acceptors (Lipinski definition) is 5. The summed E-state index contributed by atoms with van der Waals surface area (Å²) in [6.45, 7) is 5.99. The first-order valence-corrected chi connectivity index (χ1v) is 12.4. The van der Waals surface area contributed by atoms with Crippen molar-refractivity contribution < 1.29 is 9.59 Å². The number of likely N-dealkylation sites (tertiary alicyclic amines) is 1. The molecule has 8 nitrogen and oxygen atoms in total. The average molecular weight is 474 g/mol. The molecule has 2 aliphatic heterocycles. The number of carbonyl (C=O) groups excluding carboxylic acids is 2. The topological polar surface area (TPSA) is 87.5 Å². The van der Waals surface area contributed by atoms with E-state index in [2.05, 4.69) is 15.3 Å². The van der Waals surface area contributed by atoms with E-state index in [4.69, 9.17) is 0 Å². The van der Waals surface area contributed by atoms with Crippen molar-refractivity contribution >= 4 is 28.3 Å². The van der Waals surface area contributed by atoms with Gasteiger partial charge in [-0.05, 0) is 51.1 Å². The maximum atomic E-state index is 13.0. The molecule has 3 aromatic rings. The summed E-state index contributed by atoms with van der Waals surface area (Å²) in [5.74, 6) is -0.641. The Bertz CT molecular complexity index is 1290. The van der Waals surface area contributed by atoms with Gasteiger partial charge in [0.1, 0.15) is 0 Å². The first kappa shape index (κ1) is 23.2. The van der Waals surface area contributed by atoms with Gasteiger partial charge in [-0.15, -0.1) is 0 Å². The van der Waals surface area contributed by atoms with Gasteiger partial charge in [0.05, 0.1) is 30.1 Å². The van der Waals surface area contributed by atoms with Crippen LogP contribution in [0.4, 0.5) is 5.69 Å². The Morgan fingerprint density at radius 3 is 2.46 bits per heavy atom. The van der Waals surface area contributed by atoms with Gasteiger partial charge < -0.3 is 15.1 Å². The van der Waals surface area contributed by atoms with Crippen LogP contribution >= 0.6 is 0 Å². The SMILES string of the molecule is Cc1ccc(N2CC(C(=O)NCc3nn(CCN4CCCC4)c(=O)c4ccccc34)CC2=O)cc1. The standard InChI is InChI=1S/C27H31N5O3/c1-19-8-10-21(11-9-19)31-18-20(16-25(31)33)26(34)28-17-24-22-6-2-3-7-23(22)27(35)32(29-24)15-14-30-12-4-5-13-30/h2-3,6-11,20H,4-5,12-18H2,1H3,(H,28,34). The summed E-state index contributed by atoms with van der Waals surface area (Å²) in [6.07, 6.45) is 2.58. The zero-order chi connectivity index (χ0) is 24.4. The predicted molar refractivity (Wildman–Crippen MR) is 135 cm³/mol. The molecule has 0 aliphatic carbocycles. The number of benzene rings is 2. The summed E-state index contributed by atoms with van der Waals surface area (Å²) >= 11 is 0. The quantitative estimate of drug-likeness (QED) is 0.570. The number of aryl methyl sites for hydroxylation is 1. The van der Waals surface area contributed by atoms with Crippen LogP contribution in [0, 0.1) is 12.8 Å². The zero-order valence-electron chi connectivity index (χ0n) is 20.1. The van der Waals surface area contributed by atoms with Gasteiger partial charge in [0.25, 0.3) is 5.56 Å². The van der Waals surface area contributed by atoms with Crippen molar-refractivity contribution in [2.24, 2.45) is 5.92 Å². The van der Waals surface area contributed by atoms with Crippen LogP contribution in [0.3, 0.4) is 0 Å². The summed E-state index contributed by atoms with van der Waals surface area (Å²) < 4.78 is 1.53. The van der Waals surface area contributed by atoms with Crippen molar-refractivity contribution in [3.63, 3.8) is 0 Å². The normalized spacial score (nSPS) is 18.5. The highest BCUT2D eigenvalue weighted by molar-refractivity contribution is 6.00. The lowest BCUT2D eigenvalue weighted by atomic mass is 10.1. The van der Waals surface area contributed by atoms with Crippen molar-refractivity contribution in [1.82, 2.24) is 20.0 Å². The third-order valence-corrected chi connectivity index (χ3v) is 7.04.